The molecule has 0 bridgehead atoms. The van der Waals surface area contributed by atoms with E-state index >= 15 is 0 Å². The number of alkyl halides is 1. The molecular weight excluding hydrogens is 179 g/mol. The van der Waals surface area contributed by atoms with Crippen LogP contribution >= 0.6 is 0 Å². The van der Waals surface area contributed by atoms with E-state index in [1.54, 1.807) is 0 Å². The van der Waals surface area contributed by atoms with Crippen molar-refractivity contribution in [2.75, 3.05) is 20.1 Å². The van der Waals surface area contributed by atoms with Crippen LogP contribution in [0.15, 0.2) is 0 Å². The smallest absolute Gasteiger partial charge is 0.103 e. The Morgan fingerprint density at radius 1 is 1.14 bits per heavy atom. The van der Waals surface area contributed by atoms with Crippen LogP contribution in [-0.2, 0) is 0 Å². The van der Waals surface area contributed by atoms with Crippen molar-refractivity contribution in [3.05, 3.63) is 0 Å². The highest BCUT2D eigenvalue weighted by Gasteiger charge is 2.30. The molecular formula is C11H21FN2. The molecule has 2 fully saturated rings. The zero-order valence-electron chi connectivity index (χ0n) is 9.01. The number of rotatable bonds is 2. The van der Waals surface area contributed by atoms with Crippen LogP contribution in [0.3, 0.4) is 0 Å². The summed E-state index contributed by atoms with van der Waals surface area (Å²) in [5, 5.41) is 3.34. The molecule has 0 aromatic carbocycles. The van der Waals surface area contributed by atoms with Crippen LogP contribution in [0.1, 0.15) is 32.1 Å². The molecule has 1 aliphatic heterocycles. The van der Waals surface area contributed by atoms with Crippen LogP contribution in [-0.4, -0.2) is 43.3 Å². The summed E-state index contributed by atoms with van der Waals surface area (Å²) < 4.78 is 12.9. The summed E-state index contributed by atoms with van der Waals surface area (Å²) in [7, 11) is 2.04. The molecule has 82 valence electrons. The first-order valence-electron chi connectivity index (χ1n) is 5.85. The Hall–Kier alpha value is -0.150. The first kappa shape index (κ1) is 10.4. The van der Waals surface area contributed by atoms with Crippen LogP contribution in [0, 0.1) is 0 Å². The first-order valence-corrected chi connectivity index (χ1v) is 5.85. The predicted molar refractivity (Wildman–Crippen MR) is 56.2 cm³/mol. The van der Waals surface area contributed by atoms with Gasteiger partial charge in [-0.25, -0.2) is 4.39 Å². The van der Waals surface area contributed by atoms with E-state index in [-0.39, 0.29) is 0 Å². The third kappa shape index (κ3) is 2.26. The van der Waals surface area contributed by atoms with Crippen molar-refractivity contribution < 1.29 is 4.39 Å². The van der Waals surface area contributed by atoms with Gasteiger partial charge in [0.2, 0.25) is 0 Å². The highest BCUT2D eigenvalue weighted by atomic mass is 19.1. The van der Waals surface area contributed by atoms with Gasteiger partial charge >= 0.3 is 0 Å². The minimum Gasteiger partial charge on any atom is -0.317 e. The third-order valence-electron chi connectivity index (χ3n) is 3.79. The maximum Gasteiger partial charge on any atom is 0.103 e. The highest BCUT2D eigenvalue weighted by Crippen LogP contribution is 2.27. The quantitative estimate of drug-likeness (QED) is 0.727. The molecule has 1 saturated heterocycles. The lowest BCUT2D eigenvalue weighted by atomic mass is 10.1. The van der Waals surface area contributed by atoms with Gasteiger partial charge in [-0.05, 0) is 39.2 Å². The number of hydrogen-bond acceptors (Lipinski definition) is 2. The molecule has 1 heterocycles. The van der Waals surface area contributed by atoms with E-state index in [1.807, 2.05) is 7.05 Å². The Kier molecular flexibility index (Phi) is 3.39. The largest absolute Gasteiger partial charge is 0.317 e. The number of likely N-dealkylation sites (tertiary alicyclic amines) is 1. The van der Waals surface area contributed by atoms with Gasteiger partial charge in [0.1, 0.15) is 6.17 Å². The van der Waals surface area contributed by atoms with Gasteiger partial charge in [0.15, 0.2) is 0 Å². The second kappa shape index (κ2) is 4.58. The summed E-state index contributed by atoms with van der Waals surface area (Å²) in [6.07, 6.45) is 4.81. The van der Waals surface area contributed by atoms with Crippen molar-refractivity contribution in [2.45, 2.75) is 50.4 Å². The molecule has 2 rings (SSSR count). The fourth-order valence-electron chi connectivity index (χ4n) is 2.78. The Balaban J connectivity index is 1.79. The Labute approximate surface area is 85.9 Å². The molecule has 3 heteroatoms. The van der Waals surface area contributed by atoms with Gasteiger partial charge in [0.05, 0.1) is 0 Å². The zero-order chi connectivity index (χ0) is 9.97. The van der Waals surface area contributed by atoms with Crippen LogP contribution < -0.4 is 5.32 Å². The van der Waals surface area contributed by atoms with Crippen LogP contribution in [0.4, 0.5) is 4.39 Å². The summed E-state index contributed by atoms with van der Waals surface area (Å²) in [6, 6.07) is 1.42. The van der Waals surface area contributed by atoms with E-state index in [2.05, 4.69) is 10.2 Å². The molecule has 0 radical (unpaired) electrons. The molecule has 14 heavy (non-hydrogen) atoms. The van der Waals surface area contributed by atoms with Gasteiger partial charge < -0.3 is 10.2 Å². The van der Waals surface area contributed by atoms with Crippen molar-refractivity contribution >= 4 is 0 Å². The molecule has 0 spiro atoms. The SMILES string of the molecule is CNC1CCC(N2CCC(F)CC2)C1. The number of nitrogens with one attached hydrogen (secondary N) is 1. The highest BCUT2D eigenvalue weighted by molar-refractivity contribution is 4.88. The maximum atomic E-state index is 12.9. The number of piperidine rings is 1. The van der Waals surface area contributed by atoms with E-state index in [0.717, 1.165) is 32.0 Å². The van der Waals surface area contributed by atoms with Crippen molar-refractivity contribution in [2.24, 2.45) is 0 Å². The van der Waals surface area contributed by atoms with E-state index in [9.17, 15) is 4.39 Å². The lowest BCUT2D eigenvalue weighted by Crippen LogP contribution is -2.41. The number of nitrogens with zero attached hydrogens (tertiary/aromatic N) is 1. The second-order valence-electron chi connectivity index (χ2n) is 4.66. The van der Waals surface area contributed by atoms with Crippen molar-refractivity contribution in [3.8, 4) is 0 Å². The van der Waals surface area contributed by atoms with Crippen molar-refractivity contribution in [3.63, 3.8) is 0 Å². The van der Waals surface area contributed by atoms with Crippen LogP contribution in [0.5, 0.6) is 0 Å². The second-order valence-corrected chi connectivity index (χ2v) is 4.66. The summed E-state index contributed by atoms with van der Waals surface area (Å²) in [6.45, 7) is 1.95. The van der Waals surface area contributed by atoms with E-state index in [0.29, 0.717) is 6.04 Å². The predicted octanol–water partition coefficient (Wildman–Crippen LogP) is 1.56. The summed E-state index contributed by atoms with van der Waals surface area (Å²) in [5.41, 5.74) is 0. The van der Waals surface area contributed by atoms with Gasteiger partial charge in [-0.1, -0.05) is 0 Å². The summed E-state index contributed by atoms with van der Waals surface area (Å²) in [5.74, 6) is 0. The fraction of sp³-hybridized carbons (Fsp3) is 1.00. The Morgan fingerprint density at radius 2 is 1.86 bits per heavy atom. The van der Waals surface area contributed by atoms with E-state index in [4.69, 9.17) is 0 Å². The minimum absolute atomic E-state index is 0.534. The zero-order valence-corrected chi connectivity index (χ0v) is 9.01. The average molecular weight is 200 g/mol. The maximum absolute atomic E-state index is 12.9. The lowest BCUT2D eigenvalue weighted by molar-refractivity contribution is 0.112. The fourth-order valence-corrected chi connectivity index (χ4v) is 2.78. The van der Waals surface area contributed by atoms with E-state index < -0.39 is 6.17 Å². The van der Waals surface area contributed by atoms with Gasteiger partial charge in [0.25, 0.3) is 0 Å². The monoisotopic (exact) mass is 200 g/mol. The molecule has 1 saturated carbocycles. The van der Waals surface area contributed by atoms with Crippen LogP contribution in [0.2, 0.25) is 0 Å². The molecule has 0 aromatic rings. The first-order chi connectivity index (χ1) is 6.79. The molecule has 0 aromatic heterocycles. The summed E-state index contributed by atoms with van der Waals surface area (Å²) >= 11 is 0. The van der Waals surface area contributed by atoms with E-state index in [1.165, 1.54) is 19.3 Å². The van der Waals surface area contributed by atoms with Crippen LogP contribution in [0.25, 0.3) is 0 Å². The van der Waals surface area contributed by atoms with Crippen molar-refractivity contribution in [1.82, 2.24) is 10.2 Å². The third-order valence-corrected chi connectivity index (χ3v) is 3.79. The minimum atomic E-state index is -0.534. The Morgan fingerprint density at radius 3 is 2.43 bits per heavy atom. The lowest BCUT2D eigenvalue weighted by Gasteiger charge is -2.33. The summed E-state index contributed by atoms with van der Waals surface area (Å²) in [4.78, 5) is 2.49. The molecule has 1 N–H and O–H groups in total. The van der Waals surface area contributed by atoms with Gasteiger partial charge in [-0.15, -0.1) is 0 Å². The number of halogens is 1. The molecule has 0 amide bonds. The van der Waals surface area contributed by atoms with Gasteiger partial charge in [-0.3, -0.25) is 0 Å². The van der Waals surface area contributed by atoms with Crippen molar-refractivity contribution in [1.29, 1.82) is 0 Å². The molecule has 1 aliphatic carbocycles. The average Bonchev–Trinajstić information content (AvgIpc) is 2.67. The molecule has 2 unspecified atom stereocenters. The van der Waals surface area contributed by atoms with Gasteiger partial charge in [0, 0.05) is 25.2 Å². The normalized spacial score (nSPS) is 36.4. The topological polar surface area (TPSA) is 15.3 Å². The standard InChI is InChI=1S/C11H21FN2/c1-13-10-2-3-11(8-10)14-6-4-9(12)5-7-14/h9-11,13H,2-8H2,1H3. The molecule has 2 aliphatic rings. The molecule has 2 nitrogen and oxygen atoms in total. The number of hydrogen-bond donors (Lipinski definition) is 1. The molecule has 2 atom stereocenters. The Bertz CT molecular complexity index is 178. The van der Waals surface area contributed by atoms with Gasteiger partial charge in [-0.2, -0.15) is 0 Å².